The molecule has 1 aromatic rings. The molecule has 0 bridgehead atoms. The van der Waals surface area contributed by atoms with Crippen LogP contribution in [0.1, 0.15) is 36.2 Å². The highest BCUT2D eigenvalue weighted by Gasteiger charge is 2.32. The number of aryl methyl sites for hydroxylation is 1. The fourth-order valence-corrected chi connectivity index (χ4v) is 2.33. The number of carbonyl (C=O) groups is 1. The molecular formula is C14H20N2O. The van der Waals surface area contributed by atoms with E-state index in [2.05, 4.69) is 13.8 Å². The molecule has 0 saturated carbocycles. The molecule has 2 rings (SSSR count). The summed E-state index contributed by atoms with van der Waals surface area (Å²) in [4.78, 5) is 14.2. The van der Waals surface area contributed by atoms with Crippen molar-refractivity contribution in [3.8, 4) is 0 Å². The molecule has 17 heavy (non-hydrogen) atoms. The van der Waals surface area contributed by atoms with Crippen LogP contribution in [0, 0.1) is 12.3 Å². The summed E-state index contributed by atoms with van der Waals surface area (Å²) < 4.78 is 0. The Morgan fingerprint density at radius 2 is 2.12 bits per heavy atom. The molecular weight excluding hydrogens is 212 g/mol. The van der Waals surface area contributed by atoms with Gasteiger partial charge in [-0.2, -0.15) is 0 Å². The van der Waals surface area contributed by atoms with E-state index in [0.717, 1.165) is 25.1 Å². The number of hydrogen-bond acceptors (Lipinski definition) is 2. The normalized spacial score (nSPS) is 18.4. The molecule has 0 spiro atoms. The predicted octanol–water partition coefficient (Wildman–Crippen LogP) is 2.45. The van der Waals surface area contributed by atoms with Gasteiger partial charge in [0.15, 0.2) is 0 Å². The van der Waals surface area contributed by atoms with Crippen LogP contribution in [-0.2, 0) is 0 Å². The third-order valence-corrected chi connectivity index (χ3v) is 3.40. The SMILES string of the molecule is Cc1ccc(C(=O)N2CCC(C)(C)C2)c(N)c1. The Hall–Kier alpha value is -1.51. The van der Waals surface area contributed by atoms with Gasteiger partial charge in [0.25, 0.3) is 5.91 Å². The molecule has 0 unspecified atom stereocenters. The summed E-state index contributed by atoms with van der Waals surface area (Å²) in [6, 6.07) is 5.62. The van der Waals surface area contributed by atoms with Crippen molar-refractivity contribution < 1.29 is 4.79 Å². The largest absolute Gasteiger partial charge is 0.398 e. The van der Waals surface area contributed by atoms with E-state index in [1.807, 2.05) is 30.0 Å². The van der Waals surface area contributed by atoms with Gasteiger partial charge in [-0.1, -0.05) is 19.9 Å². The van der Waals surface area contributed by atoms with E-state index in [0.29, 0.717) is 11.3 Å². The Labute approximate surface area is 103 Å². The van der Waals surface area contributed by atoms with Crippen molar-refractivity contribution in [2.45, 2.75) is 27.2 Å². The number of nitrogens with zero attached hydrogens (tertiary/aromatic N) is 1. The molecule has 1 saturated heterocycles. The maximum absolute atomic E-state index is 12.3. The zero-order chi connectivity index (χ0) is 12.6. The van der Waals surface area contributed by atoms with Crippen LogP contribution in [0.4, 0.5) is 5.69 Å². The van der Waals surface area contributed by atoms with Crippen LogP contribution in [-0.4, -0.2) is 23.9 Å². The van der Waals surface area contributed by atoms with E-state index in [-0.39, 0.29) is 11.3 Å². The van der Waals surface area contributed by atoms with Gasteiger partial charge in [0.05, 0.1) is 5.56 Å². The zero-order valence-corrected chi connectivity index (χ0v) is 10.8. The van der Waals surface area contributed by atoms with Crippen molar-refractivity contribution in [2.24, 2.45) is 5.41 Å². The minimum Gasteiger partial charge on any atom is -0.398 e. The van der Waals surface area contributed by atoms with E-state index in [4.69, 9.17) is 5.73 Å². The molecule has 1 heterocycles. The highest BCUT2D eigenvalue weighted by Crippen LogP contribution is 2.30. The Morgan fingerprint density at radius 3 is 2.65 bits per heavy atom. The lowest BCUT2D eigenvalue weighted by Gasteiger charge is -2.20. The Balaban J connectivity index is 2.21. The number of anilines is 1. The molecule has 1 fully saturated rings. The first-order chi connectivity index (χ1) is 7.89. The molecule has 0 aliphatic carbocycles. The van der Waals surface area contributed by atoms with Gasteiger partial charge in [0.1, 0.15) is 0 Å². The van der Waals surface area contributed by atoms with Crippen LogP contribution >= 0.6 is 0 Å². The zero-order valence-electron chi connectivity index (χ0n) is 10.8. The van der Waals surface area contributed by atoms with Gasteiger partial charge in [0.2, 0.25) is 0 Å². The maximum atomic E-state index is 12.3. The minimum absolute atomic E-state index is 0.0630. The van der Waals surface area contributed by atoms with Crippen molar-refractivity contribution in [2.75, 3.05) is 18.8 Å². The monoisotopic (exact) mass is 232 g/mol. The van der Waals surface area contributed by atoms with Gasteiger partial charge >= 0.3 is 0 Å². The molecule has 1 aliphatic rings. The van der Waals surface area contributed by atoms with Crippen molar-refractivity contribution >= 4 is 11.6 Å². The topological polar surface area (TPSA) is 46.3 Å². The molecule has 92 valence electrons. The minimum atomic E-state index is 0.0630. The van der Waals surface area contributed by atoms with Crippen molar-refractivity contribution in [3.63, 3.8) is 0 Å². The Bertz CT molecular complexity index is 452. The molecule has 0 aromatic heterocycles. The molecule has 3 heteroatoms. The number of rotatable bonds is 1. The first-order valence-electron chi connectivity index (χ1n) is 6.04. The van der Waals surface area contributed by atoms with Crippen molar-refractivity contribution in [3.05, 3.63) is 29.3 Å². The van der Waals surface area contributed by atoms with Gasteiger partial charge in [0, 0.05) is 18.8 Å². The molecule has 1 aliphatic heterocycles. The Morgan fingerprint density at radius 1 is 1.41 bits per heavy atom. The fraction of sp³-hybridized carbons (Fsp3) is 0.500. The second kappa shape index (κ2) is 4.06. The number of nitrogen functional groups attached to an aromatic ring is 1. The average molecular weight is 232 g/mol. The summed E-state index contributed by atoms with van der Waals surface area (Å²) in [5.41, 5.74) is 8.44. The lowest BCUT2D eigenvalue weighted by atomic mass is 9.93. The van der Waals surface area contributed by atoms with E-state index in [1.54, 1.807) is 0 Å². The van der Waals surface area contributed by atoms with Crippen LogP contribution in [0.5, 0.6) is 0 Å². The highest BCUT2D eigenvalue weighted by molar-refractivity contribution is 5.99. The number of benzene rings is 1. The third kappa shape index (κ3) is 2.43. The highest BCUT2D eigenvalue weighted by atomic mass is 16.2. The first-order valence-corrected chi connectivity index (χ1v) is 6.04. The van der Waals surface area contributed by atoms with E-state index in [9.17, 15) is 4.79 Å². The van der Waals surface area contributed by atoms with Crippen molar-refractivity contribution in [1.29, 1.82) is 0 Å². The van der Waals surface area contributed by atoms with E-state index in [1.165, 1.54) is 0 Å². The third-order valence-electron chi connectivity index (χ3n) is 3.40. The molecule has 3 nitrogen and oxygen atoms in total. The fourth-order valence-electron chi connectivity index (χ4n) is 2.33. The van der Waals surface area contributed by atoms with Crippen LogP contribution in [0.3, 0.4) is 0 Å². The second-order valence-corrected chi connectivity index (χ2v) is 5.73. The lowest BCUT2D eigenvalue weighted by molar-refractivity contribution is 0.0779. The van der Waals surface area contributed by atoms with Crippen LogP contribution in [0.15, 0.2) is 18.2 Å². The van der Waals surface area contributed by atoms with Gasteiger partial charge in [-0.3, -0.25) is 4.79 Å². The summed E-state index contributed by atoms with van der Waals surface area (Å²) in [6.07, 6.45) is 1.06. The summed E-state index contributed by atoms with van der Waals surface area (Å²) in [5.74, 6) is 0.0630. The predicted molar refractivity (Wildman–Crippen MR) is 69.9 cm³/mol. The summed E-state index contributed by atoms with van der Waals surface area (Å²) in [5, 5.41) is 0. The average Bonchev–Trinajstić information content (AvgIpc) is 2.58. The number of likely N-dealkylation sites (tertiary alicyclic amines) is 1. The summed E-state index contributed by atoms with van der Waals surface area (Å²) >= 11 is 0. The maximum Gasteiger partial charge on any atom is 0.255 e. The van der Waals surface area contributed by atoms with Crippen LogP contribution < -0.4 is 5.73 Å². The summed E-state index contributed by atoms with van der Waals surface area (Å²) in [6.45, 7) is 8.01. The molecule has 2 N–H and O–H groups in total. The van der Waals surface area contributed by atoms with Crippen LogP contribution in [0.2, 0.25) is 0 Å². The van der Waals surface area contributed by atoms with Gasteiger partial charge in [-0.15, -0.1) is 0 Å². The number of carbonyl (C=O) groups excluding carboxylic acids is 1. The lowest BCUT2D eigenvalue weighted by Crippen LogP contribution is -2.30. The molecule has 1 aromatic carbocycles. The molecule has 0 atom stereocenters. The molecule has 0 radical (unpaired) electrons. The second-order valence-electron chi connectivity index (χ2n) is 5.73. The number of hydrogen-bond donors (Lipinski definition) is 1. The standard InChI is InChI=1S/C14H20N2O/c1-10-4-5-11(12(15)8-10)13(17)16-7-6-14(2,3)9-16/h4-5,8H,6-7,9,15H2,1-3H3. The number of amides is 1. The van der Waals surface area contributed by atoms with Crippen molar-refractivity contribution in [1.82, 2.24) is 4.90 Å². The smallest absolute Gasteiger partial charge is 0.255 e. The molecule has 1 amide bonds. The van der Waals surface area contributed by atoms with E-state index < -0.39 is 0 Å². The van der Waals surface area contributed by atoms with Gasteiger partial charge in [-0.25, -0.2) is 0 Å². The van der Waals surface area contributed by atoms with Gasteiger partial charge in [-0.05, 0) is 36.5 Å². The first kappa shape index (κ1) is 12.0. The quantitative estimate of drug-likeness (QED) is 0.756. The summed E-state index contributed by atoms with van der Waals surface area (Å²) in [7, 11) is 0. The Kier molecular flexibility index (Phi) is 2.86. The van der Waals surface area contributed by atoms with Crippen LogP contribution in [0.25, 0.3) is 0 Å². The van der Waals surface area contributed by atoms with E-state index >= 15 is 0 Å². The number of nitrogens with two attached hydrogens (primary N) is 1. The van der Waals surface area contributed by atoms with Gasteiger partial charge < -0.3 is 10.6 Å².